The number of nitrogens with one attached hydrogen (secondary N) is 2. The van der Waals surface area contributed by atoms with E-state index in [2.05, 4.69) is 25.5 Å². The average molecular weight is 432 g/mol. The van der Waals surface area contributed by atoms with Gasteiger partial charge in [-0.1, -0.05) is 0 Å². The summed E-state index contributed by atoms with van der Waals surface area (Å²) in [6, 6.07) is 0. The number of halogens is 1. The minimum Gasteiger partial charge on any atom is -0.355 e. The number of likely N-dealkylation sites (tertiary alicyclic amines) is 1. The van der Waals surface area contributed by atoms with Crippen LogP contribution >= 0.6 is 24.0 Å². The molecule has 1 spiro atoms. The highest BCUT2D eigenvalue weighted by atomic mass is 127. The summed E-state index contributed by atoms with van der Waals surface area (Å²) in [4.78, 5) is 22.3. The fourth-order valence-electron chi connectivity index (χ4n) is 3.48. The zero-order valence-corrected chi connectivity index (χ0v) is 15.8. The monoisotopic (exact) mass is 432 g/mol. The second-order valence-electron chi connectivity index (χ2n) is 6.25. The topological polar surface area (TPSA) is 74.6 Å². The molecule has 7 nitrogen and oxygen atoms in total. The fourth-order valence-corrected chi connectivity index (χ4v) is 3.48. The van der Waals surface area contributed by atoms with E-state index >= 15 is 0 Å². The molecule has 1 unspecified atom stereocenters. The van der Waals surface area contributed by atoms with Gasteiger partial charge in [0.2, 0.25) is 5.91 Å². The van der Waals surface area contributed by atoms with E-state index < -0.39 is 0 Å². The lowest BCUT2D eigenvalue weighted by Gasteiger charge is -2.40. The van der Waals surface area contributed by atoms with Crippen molar-refractivity contribution in [2.75, 3.05) is 33.2 Å². The molecule has 1 aromatic rings. The van der Waals surface area contributed by atoms with Crippen molar-refractivity contribution in [1.82, 2.24) is 25.1 Å². The number of nitrogens with zero attached hydrogens (tertiary/aromatic N) is 4. The molecule has 2 N–H and O–H groups in total. The van der Waals surface area contributed by atoms with E-state index in [0.717, 1.165) is 51.5 Å². The molecule has 128 valence electrons. The van der Waals surface area contributed by atoms with Crippen molar-refractivity contribution in [1.29, 1.82) is 0 Å². The van der Waals surface area contributed by atoms with Crippen molar-refractivity contribution in [2.45, 2.75) is 25.8 Å². The van der Waals surface area contributed by atoms with Gasteiger partial charge in [-0.25, -0.2) is 4.98 Å². The van der Waals surface area contributed by atoms with Crippen LogP contribution in [0, 0.1) is 5.41 Å². The number of carbonyl (C=O) groups excluding carboxylic acids is 1. The number of hydrogen-bond donors (Lipinski definition) is 2. The average Bonchev–Trinajstić information content (AvgIpc) is 3.14. The molecule has 8 heteroatoms. The van der Waals surface area contributed by atoms with Crippen molar-refractivity contribution >= 4 is 35.8 Å². The SMILES string of the molecule is CN=C(NCCn1ccnc1)N1CCCC2(CNC(=O)C2)C1.I. The van der Waals surface area contributed by atoms with E-state index in [0.29, 0.717) is 6.42 Å². The Labute approximate surface area is 153 Å². The summed E-state index contributed by atoms with van der Waals surface area (Å²) in [7, 11) is 1.82. The van der Waals surface area contributed by atoms with Crippen LogP contribution in [0.5, 0.6) is 0 Å². The van der Waals surface area contributed by atoms with Crippen LogP contribution in [0.3, 0.4) is 0 Å². The Hall–Kier alpha value is -1.32. The molecule has 2 fully saturated rings. The minimum absolute atomic E-state index is 0. The predicted molar refractivity (Wildman–Crippen MR) is 99.9 cm³/mol. The third-order valence-corrected chi connectivity index (χ3v) is 4.58. The summed E-state index contributed by atoms with van der Waals surface area (Å²) in [5.41, 5.74) is 0.0945. The fraction of sp³-hybridized carbons (Fsp3) is 0.667. The van der Waals surface area contributed by atoms with E-state index in [4.69, 9.17) is 0 Å². The van der Waals surface area contributed by atoms with Gasteiger partial charge >= 0.3 is 0 Å². The first-order valence-electron chi connectivity index (χ1n) is 7.89. The standard InChI is InChI=1S/C15H24N6O.HI/c1-16-14(18-5-8-20-7-4-17-12-20)21-6-2-3-15(11-21)9-13(22)19-10-15;/h4,7,12H,2-3,5-6,8-11H2,1H3,(H,16,18)(H,19,22);1H. The molecule has 2 aliphatic heterocycles. The summed E-state index contributed by atoms with van der Waals surface area (Å²) in [6.45, 7) is 4.37. The summed E-state index contributed by atoms with van der Waals surface area (Å²) < 4.78 is 2.04. The van der Waals surface area contributed by atoms with Gasteiger partial charge in [0.05, 0.1) is 6.33 Å². The normalized spacial score (nSPS) is 24.5. The van der Waals surface area contributed by atoms with Gasteiger partial charge in [0.15, 0.2) is 5.96 Å². The molecule has 3 heterocycles. The van der Waals surface area contributed by atoms with Crippen LogP contribution in [0.1, 0.15) is 19.3 Å². The van der Waals surface area contributed by atoms with Gasteiger partial charge < -0.3 is 20.1 Å². The van der Waals surface area contributed by atoms with Crippen molar-refractivity contribution in [3.63, 3.8) is 0 Å². The lowest BCUT2D eigenvalue weighted by atomic mass is 9.79. The first kappa shape index (κ1) is 18.0. The van der Waals surface area contributed by atoms with Crippen LogP contribution in [0.4, 0.5) is 0 Å². The van der Waals surface area contributed by atoms with Crippen LogP contribution < -0.4 is 10.6 Å². The van der Waals surface area contributed by atoms with Gasteiger partial charge in [-0.05, 0) is 12.8 Å². The summed E-state index contributed by atoms with van der Waals surface area (Å²) in [5.74, 6) is 1.11. The molecule has 0 aliphatic carbocycles. The Balaban J connectivity index is 0.00000192. The van der Waals surface area contributed by atoms with Gasteiger partial charge in [-0.3, -0.25) is 9.79 Å². The largest absolute Gasteiger partial charge is 0.355 e. The second-order valence-corrected chi connectivity index (χ2v) is 6.25. The number of amides is 1. The summed E-state index contributed by atoms with van der Waals surface area (Å²) in [5, 5.41) is 6.40. The van der Waals surface area contributed by atoms with E-state index in [1.807, 2.05) is 24.1 Å². The van der Waals surface area contributed by atoms with Crippen molar-refractivity contribution < 1.29 is 4.79 Å². The molecule has 0 bridgehead atoms. The maximum atomic E-state index is 11.6. The molecule has 3 rings (SSSR count). The maximum absolute atomic E-state index is 11.6. The van der Waals surface area contributed by atoms with E-state index in [-0.39, 0.29) is 35.3 Å². The first-order chi connectivity index (χ1) is 10.7. The van der Waals surface area contributed by atoms with Gasteiger partial charge in [0.1, 0.15) is 0 Å². The number of hydrogen-bond acceptors (Lipinski definition) is 3. The zero-order chi connectivity index (χ0) is 15.4. The molecule has 23 heavy (non-hydrogen) atoms. The molecule has 2 saturated heterocycles. The molecular formula is C15H25IN6O. The van der Waals surface area contributed by atoms with Crippen LogP contribution in [-0.4, -0.2) is 59.5 Å². The molecule has 0 saturated carbocycles. The van der Waals surface area contributed by atoms with E-state index in [1.54, 1.807) is 6.20 Å². The van der Waals surface area contributed by atoms with Crippen molar-refractivity contribution in [2.24, 2.45) is 10.4 Å². The number of piperidine rings is 1. The summed E-state index contributed by atoms with van der Waals surface area (Å²) in [6.07, 6.45) is 8.43. The molecule has 1 amide bonds. The van der Waals surface area contributed by atoms with Gasteiger partial charge in [0, 0.05) is 64.0 Å². The predicted octanol–water partition coefficient (Wildman–Crippen LogP) is 0.679. The van der Waals surface area contributed by atoms with Gasteiger partial charge in [-0.2, -0.15) is 0 Å². The third-order valence-electron chi connectivity index (χ3n) is 4.58. The molecule has 0 radical (unpaired) electrons. The van der Waals surface area contributed by atoms with E-state index in [1.165, 1.54) is 0 Å². The molecular weight excluding hydrogens is 407 g/mol. The van der Waals surface area contributed by atoms with Crippen LogP contribution in [0.15, 0.2) is 23.7 Å². The smallest absolute Gasteiger partial charge is 0.220 e. The van der Waals surface area contributed by atoms with Gasteiger partial charge in [0.25, 0.3) is 0 Å². The zero-order valence-electron chi connectivity index (χ0n) is 13.5. The Morgan fingerprint density at radius 1 is 1.57 bits per heavy atom. The number of rotatable bonds is 3. The molecule has 0 aromatic carbocycles. The quantitative estimate of drug-likeness (QED) is 0.419. The van der Waals surface area contributed by atoms with Gasteiger partial charge in [-0.15, -0.1) is 24.0 Å². The third kappa shape index (κ3) is 4.36. The highest BCUT2D eigenvalue weighted by molar-refractivity contribution is 14.0. The number of aromatic nitrogens is 2. The highest BCUT2D eigenvalue weighted by Crippen LogP contribution is 2.35. The second kappa shape index (κ2) is 7.98. The van der Waals surface area contributed by atoms with Crippen LogP contribution in [0.2, 0.25) is 0 Å². The minimum atomic E-state index is 0. The van der Waals surface area contributed by atoms with Crippen LogP contribution in [-0.2, 0) is 11.3 Å². The Kier molecular flexibility index (Phi) is 6.25. The maximum Gasteiger partial charge on any atom is 0.220 e. The number of carbonyl (C=O) groups is 1. The Morgan fingerprint density at radius 3 is 3.09 bits per heavy atom. The number of guanidine groups is 1. The number of aliphatic imine (C=N–C) groups is 1. The Morgan fingerprint density at radius 2 is 2.43 bits per heavy atom. The molecule has 1 aromatic heterocycles. The number of imidazole rings is 1. The highest BCUT2D eigenvalue weighted by Gasteiger charge is 2.42. The van der Waals surface area contributed by atoms with Crippen LogP contribution in [0.25, 0.3) is 0 Å². The Bertz CT molecular complexity index is 546. The first-order valence-corrected chi connectivity index (χ1v) is 7.89. The lowest BCUT2D eigenvalue weighted by molar-refractivity contribution is -0.119. The molecule has 2 aliphatic rings. The lowest BCUT2D eigenvalue weighted by Crippen LogP contribution is -2.51. The van der Waals surface area contributed by atoms with Crippen molar-refractivity contribution in [3.8, 4) is 0 Å². The van der Waals surface area contributed by atoms with Crippen molar-refractivity contribution in [3.05, 3.63) is 18.7 Å². The molecule has 1 atom stereocenters. The summed E-state index contributed by atoms with van der Waals surface area (Å²) >= 11 is 0. The van der Waals surface area contributed by atoms with E-state index in [9.17, 15) is 4.79 Å².